The predicted molar refractivity (Wildman–Crippen MR) is 80.7 cm³/mol. The zero-order valence-electron chi connectivity index (χ0n) is 11.5. The van der Waals surface area contributed by atoms with Crippen molar-refractivity contribution in [3.63, 3.8) is 0 Å². The van der Waals surface area contributed by atoms with Crippen molar-refractivity contribution < 1.29 is 18.3 Å². The number of para-hydroxylation sites is 2. The van der Waals surface area contributed by atoms with E-state index in [4.69, 9.17) is 4.74 Å². The van der Waals surface area contributed by atoms with Gasteiger partial charge in [-0.15, -0.1) is 5.10 Å². The highest BCUT2D eigenvalue weighted by Gasteiger charge is 2.13. The molecule has 1 aromatic heterocycles. The minimum atomic E-state index is -0.755. The third-order valence-electron chi connectivity index (χ3n) is 2.79. The second kappa shape index (κ2) is 6.49. The van der Waals surface area contributed by atoms with E-state index in [1.54, 1.807) is 24.3 Å². The van der Waals surface area contributed by atoms with Crippen LogP contribution >= 0.6 is 11.5 Å². The lowest BCUT2D eigenvalue weighted by Gasteiger charge is -2.11. The first-order valence-corrected chi connectivity index (χ1v) is 7.27. The molecule has 116 valence electrons. The molecule has 5 nitrogen and oxygen atoms in total. The Bertz CT molecular complexity index is 820. The molecular weight excluding hydrogens is 324 g/mol. The Labute approximate surface area is 133 Å². The van der Waals surface area contributed by atoms with Gasteiger partial charge in [-0.2, -0.15) is 0 Å². The van der Waals surface area contributed by atoms with Crippen molar-refractivity contribution in [1.29, 1.82) is 0 Å². The van der Waals surface area contributed by atoms with Gasteiger partial charge in [-0.25, -0.2) is 8.78 Å². The van der Waals surface area contributed by atoms with Crippen LogP contribution in [0, 0.1) is 11.6 Å². The van der Waals surface area contributed by atoms with Crippen LogP contribution in [0.5, 0.6) is 11.5 Å². The highest BCUT2D eigenvalue weighted by atomic mass is 32.1. The first kappa shape index (κ1) is 15.0. The maximum Gasteiger partial charge on any atom is 0.277 e. The molecular formula is C15H9F2N3O2S. The summed E-state index contributed by atoms with van der Waals surface area (Å²) in [5, 5.41) is 7.78. The molecule has 0 bridgehead atoms. The summed E-state index contributed by atoms with van der Waals surface area (Å²) in [6.45, 7) is 0. The Hall–Kier alpha value is -2.87. The van der Waals surface area contributed by atoms with Crippen LogP contribution in [0.1, 0.15) is 10.5 Å². The second-order valence-electron chi connectivity index (χ2n) is 4.45. The summed E-state index contributed by atoms with van der Waals surface area (Å²) in [4.78, 5) is 12.0. The van der Waals surface area contributed by atoms with Crippen molar-refractivity contribution in [2.24, 2.45) is 0 Å². The first-order valence-electron chi connectivity index (χ1n) is 6.43. The van der Waals surface area contributed by atoms with Gasteiger partial charge in [-0.1, -0.05) is 16.6 Å². The summed E-state index contributed by atoms with van der Waals surface area (Å²) in [7, 11) is 0. The van der Waals surface area contributed by atoms with Crippen LogP contribution in [0.4, 0.5) is 14.5 Å². The third-order valence-corrected chi connectivity index (χ3v) is 3.30. The van der Waals surface area contributed by atoms with Gasteiger partial charge in [0.05, 0.1) is 5.69 Å². The Morgan fingerprint density at radius 1 is 1.13 bits per heavy atom. The highest BCUT2D eigenvalue weighted by molar-refractivity contribution is 7.03. The largest absolute Gasteiger partial charge is 0.455 e. The number of benzene rings is 2. The average molecular weight is 333 g/mol. The van der Waals surface area contributed by atoms with Gasteiger partial charge in [0, 0.05) is 23.6 Å². The van der Waals surface area contributed by atoms with Crippen molar-refractivity contribution in [2.45, 2.75) is 0 Å². The van der Waals surface area contributed by atoms with Gasteiger partial charge in [-0.3, -0.25) is 4.79 Å². The van der Waals surface area contributed by atoms with Crippen LogP contribution in [0.15, 0.2) is 47.8 Å². The molecule has 3 aromatic rings. The zero-order valence-corrected chi connectivity index (χ0v) is 12.3. The van der Waals surface area contributed by atoms with Crippen molar-refractivity contribution in [3.8, 4) is 11.5 Å². The van der Waals surface area contributed by atoms with Crippen molar-refractivity contribution in [3.05, 3.63) is 65.2 Å². The van der Waals surface area contributed by atoms with E-state index in [0.717, 1.165) is 29.7 Å². The van der Waals surface area contributed by atoms with Gasteiger partial charge < -0.3 is 10.1 Å². The second-order valence-corrected chi connectivity index (χ2v) is 5.06. The zero-order chi connectivity index (χ0) is 16.2. The van der Waals surface area contributed by atoms with Crippen molar-refractivity contribution in [2.75, 3.05) is 5.32 Å². The number of hydrogen-bond acceptors (Lipinski definition) is 5. The maximum absolute atomic E-state index is 13.2. The quantitative estimate of drug-likeness (QED) is 0.787. The molecule has 3 rings (SSSR count). The van der Waals surface area contributed by atoms with Gasteiger partial charge in [0.1, 0.15) is 17.4 Å². The summed E-state index contributed by atoms with van der Waals surface area (Å²) in [6, 6.07) is 9.37. The molecule has 1 heterocycles. The number of carbonyl (C=O) groups excluding carboxylic acids is 1. The predicted octanol–water partition coefficient (Wildman–Crippen LogP) is 3.86. The summed E-state index contributed by atoms with van der Waals surface area (Å²) >= 11 is 1.05. The van der Waals surface area contributed by atoms with Crippen LogP contribution in [-0.4, -0.2) is 15.5 Å². The lowest BCUT2D eigenvalue weighted by atomic mass is 10.2. The summed E-state index contributed by atoms with van der Waals surface area (Å²) in [6.07, 6.45) is 0. The minimum Gasteiger partial charge on any atom is -0.455 e. The lowest BCUT2D eigenvalue weighted by Crippen LogP contribution is -2.13. The van der Waals surface area contributed by atoms with E-state index in [1.165, 1.54) is 5.38 Å². The van der Waals surface area contributed by atoms with Gasteiger partial charge in [0.15, 0.2) is 11.4 Å². The molecule has 0 aliphatic heterocycles. The SMILES string of the molecule is O=C(Nc1ccccc1Oc1cc(F)cc(F)c1)c1csnn1. The van der Waals surface area contributed by atoms with E-state index >= 15 is 0 Å². The fourth-order valence-corrected chi connectivity index (χ4v) is 2.26. The van der Waals surface area contributed by atoms with Crippen LogP contribution in [-0.2, 0) is 0 Å². The fraction of sp³-hybridized carbons (Fsp3) is 0. The number of rotatable bonds is 4. The third kappa shape index (κ3) is 3.67. The number of aromatic nitrogens is 2. The lowest BCUT2D eigenvalue weighted by molar-refractivity contribution is 0.102. The van der Waals surface area contributed by atoms with Gasteiger partial charge >= 0.3 is 0 Å². The summed E-state index contributed by atoms with van der Waals surface area (Å²) in [5.41, 5.74) is 0.511. The number of halogens is 2. The molecule has 0 aliphatic rings. The van der Waals surface area contributed by atoms with Gasteiger partial charge in [0.2, 0.25) is 0 Å². The van der Waals surface area contributed by atoms with E-state index in [9.17, 15) is 13.6 Å². The normalized spacial score (nSPS) is 10.3. The molecule has 0 aliphatic carbocycles. The smallest absolute Gasteiger partial charge is 0.277 e. The van der Waals surface area contributed by atoms with Crippen molar-refractivity contribution in [1.82, 2.24) is 9.59 Å². The van der Waals surface area contributed by atoms with Gasteiger partial charge in [-0.05, 0) is 23.7 Å². The van der Waals surface area contributed by atoms with E-state index in [1.807, 2.05) is 0 Å². The van der Waals surface area contributed by atoms with E-state index < -0.39 is 17.5 Å². The van der Waals surface area contributed by atoms with Crippen molar-refractivity contribution >= 4 is 23.1 Å². The number of nitrogens with one attached hydrogen (secondary N) is 1. The maximum atomic E-state index is 13.2. The molecule has 0 unspecified atom stereocenters. The average Bonchev–Trinajstić information content (AvgIpc) is 3.02. The highest BCUT2D eigenvalue weighted by Crippen LogP contribution is 2.30. The molecule has 0 saturated heterocycles. The molecule has 0 atom stereocenters. The number of nitrogens with zero attached hydrogens (tertiary/aromatic N) is 2. The Morgan fingerprint density at radius 3 is 2.57 bits per heavy atom. The monoisotopic (exact) mass is 333 g/mol. The molecule has 1 amide bonds. The van der Waals surface area contributed by atoms with E-state index in [-0.39, 0.29) is 17.2 Å². The number of amides is 1. The van der Waals surface area contributed by atoms with E-state index in [0.29, 0.717) is 5.69 Å². The molecule has 2 aromatic carbocycles. The molecule has 0 spiro atoms. The first-order chi connectivity index (χ1) is 11.1. The Kier molecular flexibility index (Phi) is 4.24. The van der Waals surface area contributed by atoms with Crippen LogP contribution < -0.4 is 10.1 Å². The number of ether oxygens (including phenoxy) is 1. The number of hydrogen-bond donors (Lipinski definition) is 1. The molecule has 0 saturated carbocycles. The number of carbonyl (C=O) groups is 1. The molecule has 1 N–H and O–H groups in total. The summed E-state index contributed by atoms with van der Waals surface area (Å²) < 4.78 is 35.5. The molecule has 0 radical (unpaired) electrons. The minimum absolute atomic E-state index is 0.0143. The number of anilines is 1. The molecule has 0 fully saturated rings. The van der Waals surface area contributed by atoms with E-state index in [2.05, 4.69) is 14.9 Å². The van der Waals surface area contributed by atoms with Crippen LogP contribution in [0.3, 0.4) is 0 Å². The van der Waals surface area contributed by atoms with Crippen LogP contribution in [0.25, 0.3) is 0 Å². The Morgan fingerprint density at radius 2 is 1.87 bits per heavy atom. The topological polar surface area (TPSA) is 64.1 Å². The molecule has 23 heavy (non-hydrogen) atoms. The summed E-state index contributed by atoms with van der Waals surface area (Å²) in [5.74, 6) is -1.74. The molecule has 8 heteroatoms. The Balaban J connectivity index is 1.84. The standard InChI is InChI=1S/C15H9F2N3O2S/c16-9-5-10(17)7-11(6-9)22-14-4-2-1-3-12(14)18-15(21)13-8-23-20-19-13/h1-8H,(H,18,21). The van der Waals surface area contributed by atoms with Gasteiger partial charge in [0.25, 0.3) is 5.91 Å². The fourth-order valence-electron chi connectivity index (χ4n) is 1.82. The van der Waals surface area contributed by atoms with Crippen LogP contribution in [0.2, 0.25) is 0 Å².